The third kappa shape index (κ3) is 2.95. The molecule has 2 heterocycles. The molecule has 1 unspecified atom stereocenters. The summed E-state index contributed by atoms with van der Waals surface area (Å²) < 4.78 is 1.92. The van der Waals surface area contributed by atoms with Gasteiger partial charge in [-0.05, 0) is 24.7 Å². The molecule has 1 fully saturated rings. The van der Waals surface area contributed by atoms with Crippen molar-refractivity contribution in [3.63, 3.8) is 0 Å². The summed E-state index contributed by atoms with van der Waals surface area (Å²) in [6.07, 6.45) is 4.27. The summed E-state index contributed by atoms with van der Waals surface area (Å²) in [5.74, 6) is 1.61. The van der Waals surface area contributed by atoms with Gasteiger partial charge in [0.2, 0.25) is 4.96 Å². The first-order valence-electron chi connectivity index (χ1n) is 6.89. The average Bonchev–Trinajstić information content (AvgIpc) is 2.89. The Morgan fingerprint density at radius 2 is 2.11 bits per heavy atom. The monoisotopic (exact) mass is 279 g/mol. The zero-order valence-electron chi connectivity index (χ0n) is 11.8. The third-order valence-corrected chi connectivity index (χ3v) is 4.23. The molecule has 6 heteroatoms. The van der Waals surface area contributed by atoms with Gasteiger partial charge in [0.05, 0.1) is 0 Å². The van der Waals surface area contributed by atoms with E-state index in [4.69, 9.17) is 5.73 Å². The molecule has 2 N–H and O–H groups in total. The molecule has 0 aliphatic heterocycles. The van der Waals surface area contributed by atoms with Crippen LogP contribution in [0.25, 0.3) is 4.96 Å². The summed E-state index contributed by atoms with van der Waals surface area (Å²) in [6, 6.07) is 0.160. The molecule has 2 aromatic heterocycles. The highest BCUT2D eigenvalue weighted by atomic mass is 32.1. The number of rotatable bonds is 4. The molecule has 0 aromatic carbocycles. The Morgan fingerprint density at radius 1 is 1.37 bits per heavy atom. The van der Waals surface area contributed by atoms with Crippen molar-refractivity contribution in [1.29, 1.82) is 0 Å². The predicted molar refractivity (Wildman–Crippen MR) is 76.4 cm³/mol. The van der Waals surface area contributed by atoms with Crippen molar-refractivity contribution in [3.05, 3.63) is 10.8 Å². The number of fused-ring (bicyclic) bond motifs is 1. The highest BCUT2D eigenvalue weighted by Crippen LogP contribution is 2.39. The first-order chi connectivity index (χ1) is 8.92. The van der Waals surface area contributed by atoms with Gasteiger partial charge in [-0.15, -0.1) is 10.2 Å². The van der Waals surface area contributed by atoms with Gasteiger partial charge in [0.1, 0.15) is 5.01 Å². The van der Waals surface area contributed by atoms with Crippen LogP contribution < -0.4 is 5.73 Å². The lowest BCUT2D eigenvalue weighted by molar-refractivity contribution is 0.338. The van der Waals surface area contributed by atoms with Gasteiger partial charge in [-0.2, -0.15) is 9.61 Å². The van der Waals surface area contributed by atoms with E-state index in [1.807, 2.05) is 4.52 Å². The predicted octanol–water partition coefficient (Wildman–Crippen LogP) is 2.37. The lowest BCUT2D eigenvalue weighted by Crippen LogP contribution is -2.28. The highest BCUT2D eigenvalue weighted by molar-refractivity contribution is 7.16. The fraction of sp³-hybridized carbons (Fsp3) is 0.769. The Kier molecular flexibility index (Phi) is 3.09. The van der Waals surface area contributed by atoms with Crippen molar-refractivity contribution in [1.82, 2.24) is 19.8 Å². The SMILES string of the molecule is CC(C)(C)CC(N)Cc1nn2c(C3CC3)nnc2s1. The summed E-state index contributed by atoms with van der Waals surface area (Å²) in [5, 5.41) is 14.1. The summed E-state index contributed by atoms with van der Waals surface area (Å²) in [5.41, 5.74) is 6.48. The van der Waals surface area contributed by atoms with Crippen LogP contribution in [0.1, 0.15) is 56.8 Å². The number of nitrogens with two attached hydrogens (primary N) is 1. The second-order valence-corrected chi connectivity index (χ2v) is 7.79. The van der Waals surface area contributed by atoms with Gasteiger partial charge < -0.3 is 5.73 Å². The maximum absolute atomic E-state index is 6.21. The molecule has 104 valence electrons. The van der Waals surface area contributed by atoms with Crippen LogP contribution in [-0.4, -0.2) is 25.9 Å². The van der Waals surface area contributed by atoms with Crippen LogP contribution in [0.15, 0.2) is 0 Å². The first-order valence-corrected chi connectivity index (χ1v) is 7.70. The van der Waals surface area contributed by atoms with Crippen LogP contribution in [0.2, 0.25) is 0 Å². The molecule has 0 radical (unpaired) electrons. The fourth-order valence-electron chi connectivity index (χ4n) is 2.43. The van der Waals surface area contributed by atoms with Crippen LogP contribution in [0, 0.1) is 5.41 Å². The van der Waals surface area contributed by atoms with Crippen molar-refractivity contribution < 1.29 is 0 Å². The van der Waals surface area contributed by atoms with E-state index >= 15 is 0 Å². The molecule has 1 aliphatic rings. The molecular formula is C13H21N5S. The average molecular weight is 279 g/mol. The molecule has 1 atom stereocenters. The minimum absolute atomic E-state index is 0.160. The van der Waals surface area contributed by atoms with Crippen LogP contribution in [0.5, 0.6) is 0 Å². The summed E-state index contributed by atoms with van der Waals surface area (Å²) in [4.78, 5) is 0.903. The second-order valence-electron chi connectivity index (χ2n) is 6.75. The van der Waals surface area contributed by atoms with Crippen LogP contribution in [-0.2, 0) is 6.42 Å². The summed E-state index contributed by atoms with van der Waals surface area (Å²) in [7, 11) is 0. The van der Waals surface area contributed by atoms with Crippen molar-refractivity contribution in [3.8, 4) is 0 Å². The Hall–Kier alpha value is -1.01. The lowest BCUT2D eigenvalue weighted by atomic mass is 9.87. The molecule has 0 saturated heterocycles. The zero-order valence-corrected chi connectivity index (χ0v) is 12.6. The Morgan fingerprint density at radius 3 is 2.74 bits per heavy atom. The van der Waals surface area contributed by atoms with Gasteiger partial charge in [-0.25, -0.2) is 0 Å². The quantitative estimate of drug-likeness (QED) is 0.933. The largest absolute Gasteiger partial charge is 0.327 e. The highest BCUT2D eigenvalue weighted by Gasteiger charge is 2.30. The minimum atomic E-state index is 0.160. The molecule has 0 spiro atoms. The molecule has 1 aliphatic carbocycles. The molecule has 0 bridgehead atoms. The molecule has 2 aromatic rings. The van der Waals surface area contributed by atoms with E-state index in [2.05, 4.69) is 36.1 Å². The van der Waals surface area contributed by atoms with Crippen molar-refractivity contribution >= 4 is 16.3 Å². The van der Waals surface area contributed by atoms with Gasteiger partial charge >= 0.3 is 0 Å². The van der Waals surface area contributed by atoms with E-state index in [0.717, 1.165) is 28.6 Å². The van der Waals surface area contributed by atoms with Crippen LogP contribution in [0.4, 0.5) is 0 Å². The number of aromatic nitrogens is 4. The first kappa shape index (κ1) is 13.0. The van der Waals surface area contributed by atoms with Gasteiger partial charge in [0.15, 0.2) is 5.82 Å². The minimum Gasteiger partial charge on any atom is -0.327 e. The van der Waals surface area contributed by atoms with Gasteiger partial charge in [0, 0.05) is 18.4 Å². The molecule has 5 nitrogen and oxygen atoms in total. The molecular weight excluding hydrogens is 258 g/mol. The maximum atomic E-state index is 6.21. The summed E-state index contributed by atoms with van der Waals surface area (Å²) in [6.45, 7) is 6.66. The van der Waals surface area contributed by atoms with E-state index in [0.29, 0.717) is 5.92 Å². The Labute approximate surface area is 117 Å². The van der Waals surface area contributed by atoms with Gasteiger partial charge in [0.25, 0.3) is 0 Å². The van der Waals surface area contributed by atoms with E-state index in [1.54, 1.807) is 11.3 Å². The Bertz CT molecular complexity index is 575. The van der Waals surface area contributed by atoms with Gasteiger partial charge in [-0.3, -0.25) is 0 Å². The zero-order chi connectivity index (χ0) is 13.6. The van der Waals surface area contributed by atoms with E-state index < -0.39 is 0 Å². The normalized spacial score (nSPS) is 18.1. The van der Waals surface area contributed by atoms with Crippen LogP contribution in [0.3, 0.4) is 0 Å². The molecule has 19 heavy (non-hydrogen) atoms. The van der Waals surface area contributed by atoms with E-state index in [9.17, 15) is 0 Å². The number of nitrogens with zero attached hydrogens (tertiary/aromatic N) is 4. The third-order valence-electron chi connectivity index (χ3n) is 3.31. The molecule has 0 amide bonds. The smallest absolute Gasteiger partial charge is 0.234 e. The molecule has 3 rings (SSSR count). The number of hydrogen-bond acceptors (Lipinski definition) is 5. The van der Waals surface area contributed by atoms with E-state index in [1.165, 1.54) is 12.8 Å². The lowest BCUT2D eigenvalue weighted by Gasteiger charge is -2.22. The van der Waals surface area contributed by atoms with Crippen molar-refractivity contribution in [2.45, 2.75) is 58.4 Å². The summed E-state index contributed by atoms with van der Waals surface area (Å²) >= 11 is 1.62. The van der Waals surface area contributed by atoms with Crippen molar-refractivity contribution in [2.75, 3.05) is 0 Å². The van der Waals surface area contributed by atoms with Gasteiger partial charge in [-0.1, -0.05) is 32.1 Å². The fourth-order valence-corrected chi connectivity index (χ4v) is 3.37. The topological polar surface area (TPSA) is 69.1 Å². The van der Waals surface area contributed by atoms with Crippen LogP contribution >= 0.6 is 11.3 Å². The van der Waals surface area contributed by atoms with E-state index in [-0.39, 0.29) is 11.5 Å². The Balaban J connectivity index is 1.74. The standard InChI is InChI=1S/C13H21N5S/c1-13(2,3)7-9(14)6-10-17-18-11(8-4-5-8)15-16-12(18)19-10/h8-9H,4-7,14H2,1-3H3. The maximum Gasteiger partial charge on any atom is 0.234 e. The molecule has 1 saturated carbocycles. The number of hydrogen-bond donors (Lipinski definition) is 1. The van der Waals surface area contributed by atoms with Crippen molar-refractivity contribution in [2.24, 2.45) is 11.1 Å². The second kappa shape index (κ2) is 4.52.